The van der Waals surface area contributed by atoms with Crippen LogP contribution in [0.15, 0.2) is 47.5 Å². The van der Waals surface area contributed by atoms with Gasteiger partial charge in [-0.15, -0.1) is 0 Å². The van der Waals surface area contributed by atoms with E-state index in [1.807, 2.05) is 0 Å². The monoisotopic (exact) mass is 381 g/mol. The molecular weight excluding hydrogens is 350 g/mol. The fourth-order valence-electron chi connectivity index (χ4n) is 3.18. The number of nitrogens with one attached hydrogen (secondary N) is 2. The lowest BCUT2D eigenvalue weighted by atomic mass is 10.1. The molecule has 0 bridgehead atoms. The van der Waals surface area contributed by atoms with Crippen molar-refractivity contribution in [2.75, 3.05) is 26.8 Å². The van der Waals surface area contributed by atoms with Gasteiger partial charge in [0.2, 0.25) is 0 Å². The summed E-state index contributed by atoms with van der Waals surface area (Å²) >= 11 is 0. The number of aliphatic imine (C=N–C) groups is 1. The van der Waals surface area contributed by atoms with Gasteiger partial charge in [-0.05, 0) is 37.5 Å². The van der Waals surface area contributed by atoms with Crippen molar-refractivity contribution in [3.05, 3.63) is 64.7 Å². The summed E-state index contributed by atoms with van der Waals surface area (Å²) in [7, 11) is 1.80. The molecule has 0 aliphatic carbocycles. The lowest BCUT2D eigenvalue weighted by molar-refractivity contribution is 0.140. The van der Waals surface area contributed by atoms with Crippen molar-refractivity contribution in [2.24, 2.45) is 4.99 Å². The van der Waals surface area contributed by atoms with Gasteiger partial charge in [0.1, 0.15) is 11.9 Å². The van der Waals surface area contributed by atoms with E-state index in [4.69, 9.17) is 9.47 Å². The first-order valence-corrected chi connectivity index (χ1v) is 9.98. The summed E-state index contributed by atoms with van der Waals surface area (Å²) in [6, 6.07) is 15.0. The smallest absolute Gasteiger partial charge is 0.191 e. The molecule has 28 heavy (non-hydrogen) atoms. The molecular formula is C23H31N3O2. The van der Waals surface area contributed by atoms with Gasteiger partial charge in [-0.3, -0.25) is 4.99 Å². The van der Waals surface area contributed by atoms with Crippen LogP contribution >= 0.6 is 0 Å². The highest BCUT2D eigenvalue weighted by atomic mass is 16.5. The van der Waals surface area contributed by atoms with Gasteiger partial charge in [0.05, 0.1) is 13.2 Å². The minimum atomic E-state index is 0.146. The molecule has 1 fully saturated rings. The Morgan fingerprint density at radius 1 is 1.11 bits per heavy atom. The third kappa shape index (κ3) is 5.99. The van der Waals surface area contributed by atoms with Crippen molar-refractivity contribution in [3.63, 3.8) is 0 Å². The Bertz CT molecular complexity index is 781. The standard InChI is InChI=1S/C23H31N3O2/c1-17-4-7-19(8-5-17)10-12-25-23(24-3)26-15-20-9-6-18(2)14-22(20)28-21-11-13-27-16-21/h4-9,14,21H,10-13,15-16H2,1-3H3,(H2,24,25,26). The van der Waals surface area contributed by atoms with E-state index < -0.39 is 0 Å². The summed E-state index contributed by atoms with van der Waals surface area (Å²) < 4.78 is 11.6. The van der Waals surface area contributed by atoms with E-state index in [9.17, 15) is 0 Å². The molecule has 1 heterocycles. The van der Waals surface area contributed by atoms with E-state index in [1.165, 1.54) is 16.7 Å². The molecule has 0 spiro atoms. The average Bonchev–Trinajstić information content (AvgIpc) is 3.20. The first kappa shape index (κ1) is 20.2. The molecule has 2 aromatic carbocycles. The fraction of sp³-hybridized carbons (Fsp3) is 0.435. The van der Waals surface area contributed by atoms with Crippen molar-refractivity contribution < 1.29 is 9.47 Å². The van der Waals surface area contributed by atoms with E-state index >= 15 is 0 Å². The highest BCUT2D eigenvalue weighted by molar-refractivity contribution is 5.79. The van der Waals surface area contributed by atoms with Crippen LogP contribution in [-0.4, -0.2) is 38.9 Å². The molecule has 5 nitrogen and oxygen atoms in total. The molecule has 2 aromatic rings. The lowest BCUT2D eigenvalue weighted by Crippen LogP contribution is -2.38. The third-order valence-electron chi connectivity index (χ3n) is 4.90. The predicted molar refractivity (Wildman–Crippen MR) is 114 cm³/mol. The summed E-state index contributed by atoms with van der Waals surface area (Å²) in [5.41, 5.74) is 4.92. The van der Waals surface area contributed by atoms with Crippen LogP contribution < -0.4 is 15.4 Å². The van der Waals surface area contributed by atoms with E-state index in [1.54, 1.807) is 7.05 Å². The molecule has 1 aliphatic rings. The second-order valence-corrected chi connectivity index (χ2v) is 7.30. The van der Waals surface area contributed by atoms with Gasteiger partial charge in [0.25, 0.3) is 0 Å². The molecule has 1 atom stereocenters. The van der Waals surface area contributed by atoms with Crippen molar-refractivity contribution >= 4 is 5.96 Å². The maximum absolute atomic E-state index is 6.18. The lowest BCUT2D eigenvalue weighted by Gasteiger charge is -2.18. The highest BCUT2D eigenvalue weighted by Crippen LogP contribution is 2.23. The van der Waals surface area contributed by atoms with E-state index in [0.29, 0.717) is 13.2 Å². The highest BCUT2D eigenvalue weighted by Gasteiger charge is 2.18. The van der Waals surface area contributed by atoms with Crippen LogP contribution in [0.5, 0.6) is 5.75 Å². The second kappa shape index (κ2) is 10.1. The number of rotatable bonds is 7. The van der Waals surface area contributed by atoms with Crippen LogP contribution in [-0.2, 0) is 17.7 Å². The first-order valence-electron chi connectivity index (χ1n) is 9.98. The number of nitrogens with zero attached hydrogens (tertiary/aromatic N) is 1. The fourth-order valence-corrected chi connectivity index (χ4v) is 3.18. The van der Waals surface area contributed by atoms with Crippen molar-refractivity contribution in [1.82, 2.24) is 10.6 Å². The Kier molecular flexibility index (Phi) is 7.31. The molecule has 0 aromatic heterocycles. The molecule has 150 valence electrons. The molecule has 0 amide bonds. The van der Waals surface area contributed by atoms with Gasteiger partial charge in [-0.1, -0.05) is 42.0 Å². The summed E-state index contributed by atoms with van der Waals surface area (Å²) in [6.07, 6.45) is 2.05. The Hall–Kier alpha value is -2.53. The number of guanidine groups is 1. The van der Waals surface area contributed by atoms with Crippen molar-refractivity contribution in [3.8, 4) is 5.75 Å². The van der Waals surface area contributed by atoms with E-state index in [2.05, 4.69) is 71.9 Å². The Labute approximate surface area is 168 Å². The topological polar surface area (TPSA) is 54.9 Å². The van der Waals surface area contributed by atoms with Crippen LogP contribution in [0.4, 0.5) is 0 Å². The van der Waals surface area contributed by atoms with Crippen LogP contribution in [0, 0.1) is 13.8 Å². The van der Waals surface area contributed by atoms with Gasteiger partial charge in [0, 0.05) is 32.1 Å². The summed E-state index contributed by atoms with van der Waals surface area (Å²) in [5.74, 6) is 1.72. The molecule has 0 saturated carbocycles. The number of hydrogen-bond acceptors (Lipinski definition) is 3. The molecule has 2 N–H and O–H groups in total. The normalized spacial score (nSPS) is 16.8. The Morgan fingerprint density at radius 2 is 1.89 bits per heavy atom. The van der Waals surface area contributed by atoms with Crippen molar-refractivity contribution in [2.45, 2.75) is 39.3 Å². The van der Waals surface area contributed by atoms with E-state index in [0.717, 1.165) is 43.3 Å². The molecule has 1 saturated heterocycles. The molecule has 3 rings (SSSR count). The zero-order chi connectivity index (χ0) is 19.8. The second-order valence-electron chi connectivity index (χ2n) is 7.30. The number of ether oxygens (including phenoxy) is 2. The summed E-state index contributed by atoms with van der Waals surface area (Å²) in [5, 5.41) is 6.78. The summed E-state index contributed by atoms with van der Waals surface area (Å²) in [4.78, 5) is 4.33. The average molecular weight is 382 g/mol. The van der Waals surface area contributed by atoms with Crippen LogP contribution in [0.3, 0.4) is 0 Å². The van der Waals surface area contributed by atoms with Crippen LogP contribution in [0.1, 0.15) is 28.7 Å². The van der Waals surface area contributed by atoms with Crippen LogP contribution in [0.25, 0.3) is 0 Å². The van der Waals surface area contributed by atoms with E-state index in [-0.39, 0.29) is 6.10 Å². The quantitative estimate of drug-likeness (QED) is 0.570. The molecule has 0 radical (unpaired) electrons. The van der Waals surface area contributed by atoms with Gasteiger partial charge < -0.3 is 20.1 Å². The minimum absolute atomic E-state index is 0.146. The van der Waals surface area contributed by atoms with Gasteiger partial charge in [-0.2, -0.15) is 0 Å². The number of hydrogen-bond donors (Lipinski definition) is 2. The maximum Gasteiger partial charge on any atom is 0.191 e. The molecule has 1 unspecified atom stereocenters. The van der Waals surface area contributed by atoms with Crippen LogP contribution in [0.2, 0.25) is 0 Å². The van der Waals surface area contributed by atoms with Gasteiger partial charge in [0.15, 0.2) is 5.96 Å². The van der Waals surface area contributed by atoms with Gasteiger partial charge >= 0.3 is 0 Å². The largest absolute Gasteiger partial charge is 0.488 e. The minimum Gasteiger partial charge on any atom is -0.488 e. The van der Waals surface area contributed by atoms with Crippen molar-refractivity contribution in [1.29, 1.82) is 0 Å². The zero-order valence-electron chi connectivity index (χ0n) is 17.1. The first-order chi connectivity index (χ1) is 13.6. The maximum atomic E-state index is 6.18. The molecule has 1 aliphatic heterocycles. The SMILES string of the molecule is CN=C(NCCc1ccc(C)cc1)NCc1ccc(C)cc1OC1CCOC1. The zero-order valence-corrected chi connectivity index (χ0v) is 17.1. The van der Waals surface area contributed by atoms with Gasteiger partial charge in [-0.25, -0.2) is 0 Å². The number of aryl methyl sites for hydroxylation is 2. The molecule has 5 heteroatoms. The Balaban J connectivity index is 1.52. The Morgan fingerprint density at radius 3 is 2.61 bits per heavy atom. The number of benzene rings is 2. The summed E-state index contributed by atoms with van der Waals surface area (Å²) in [6.45, 7) is 7.13. The predicted octanol–water partition coefficient (Wildman–Crippen LogP) is 3.38. The third-order valence-corrected chi connectivity index (χ3v) is 4.90.